The molecule has 1 aliphatic heterocycles. The highest BCUT2D eigenvalue weighted by Gasteiger charge is 2.44. The van der Waals surface area contributed by atoms with Gasteiger partial charge >= 0.3 is 6.03 Å². The number of nitrogens with zero attached hydrogens (tertiary/aromatic N) is 2. The first-order valence-electron chi connectivity index (χ1n) is 9.18. The Balaban J connectivity index is 2.09. The van der Waals surface area contributed by atoms with E-state index >= 15 is 0 Å². The van der Waals surface area contributed by atoms with Gasteiger partial charge in [-0.05, 0) is 49.4 Å². The van der Waals surface area contributed by atoms with Gasteiger partial charge in [0.05, 0.1) is 6.04 Å². The van der Waals surface area contributed by atoms with Gasteiger partial charge in [-0.1, -0.05) is 41.0 Å². The zero-order valence-corrected chi connectivity index (χ0v) is 15.7. The van der Waals surface area contributed by atoms with Gasteiger partial charge in [0.2, 0.25) is 0 Å². The van der Waals surface area contributed by atoms with E-state index < -0.39 is 0 Å². The zero-order chi connectivity index (χ0) is 16.7. The number of hydrogen-bond donors (Lipinski definition) is 0. The van der Waals surface area contributed by atoms with Crippen LogP contribution in [0.25, 0.3) is 0 Å². The lowest BCUT2D eigenvalue weighted by molar-refractivity contribution is 0.113. The monoisotopic (exact) mass is 308 g/mol. The first-order chi connectivity index (χ1) is 10.1. The Bertz CT molecular complexity index is 401. The van der Waals surface area contributed by atoms with Crippen LogP contribution in [0, 0.1) is 23.2 Å². The molecule has 0 spiro atoms. The van der Waals surface area contributed by atoms with Crippen LogP contribution in [-0.4, -0.2) is 41.5 Å². The van der Waals surface area contributed by atoms with Crippen LogP contribution in [-0.2, 0) is 0 Å². The molecule has 4 unspecified atom stereocenters. The number of urea groups is 1. The fourth-order valence-corrected chi connectivity index (χ4v) is 4.70. The molecule has 0 aromatic rings. The Morgan fingerprint density at radius 3 is 2.36 bits per heavy atom. The summed E-state index contributed by atoms with van der Waals surface area (Å²) in [5.74, 6) is 2.33. The van der Waals surface area contributed by atoms with Gasteiger partial charge in [0, 0.05) is 19.6 Å². The molecule has 2 fully saturated rings. The Morgan fingerprint density at radius 1 is 1.23 bits per heavy atom. The quantitative estimate of drug-likeness (QED) is 0.746. The van der Waals surface area contributed by atoms with Crippen LogP contribution in [0.4, 0.5) is 4.79 Å². The molecule has 5 atom stereocenters. The molecular weight excluding hydrogens is 272 g/mol. The second kappa shape index (κ2) is 6.41. The molecular formula is C19H36N2O. The lowest BCUT2D eigenvalue weighted by Gasteiger charge is -2.39. The molecule has 3 nitrogen and oxygen atoms in total. The van der Waals surface area contributed by atoms with Crippen molar-refractivity contribution in [2.45, 2.75) is 79.3 Å². The number of likely N-dealkylation sites (N-methyl/N-ethyl adjacent to an activating group) is 1. The van der Waals surface area contributed by atoms with E-state index in [-0.39, 0.29) is 11.4 Å². The van der Waals surface area contributed by atoms with Gasteiger partial charge in [0.25, 0.3) is 0 Å². The number of carbonyl (C=O) groups is 1. The van der Waals surface area contributed by atoms with Crippen molar-refractivity contribution in [3.63, 3.8) is 0 Å². The maximum atomic E-state index is 12.7. The lowest BCUT2D eigenvalue weighted by atomic mass is 9.72. The molecule has 3 heteroatoms. The number of carbonyl (C=O) groups excluding carboxylic acids is 1. The molecule has 0 radical (unpaired) electrons. The average molecular weight is 309 g/mol. The van der Waals surface area contributed by atoms with Gasteiger partial charge in [-0.25, -0.2) is 4.79 Å². The SMILES string of the molecule is CCC1CC(C)CC(C(C)N2C[C@H](C(C)(C)C)N(C)C2=O)C1. The fourth-order valence-electron chi connectivity index (χ4n) is 4.70. The second-order valence-corrected chi connectivity index (χ2v) is 9.01. The van der Waals surface area contributed by atoms with Crippen molar-refractivity contribution in [3.8, 4) is 0 Å². The van der Waals surface area contributed by atoms with E-state index in [9.17, 15) is 4.79 Å². The molecule has 2 rings (SSSR count). The minimum absolute atomic E-state index is 0.144. The fraction of sp³-hybridized carbons (Fsp3) is 0.947. The van der Waals surface area contributed by atoms with Crippen molar-refractivity contribution >= 4 is 6.03 Å². The third kappa shape index (κ3) is 3.44. The first-order valence-corrected chi connectivity index (χ1v) is 9.18. The Morgan fingerprint density at radius 2 is 1.86 bits per heavy atom. The van der Waals surface area contributed by atoms with E-state index in [4.69, 9.17) is 0 Å². The third-order valence-corrected chi connectivity index (χ3v) is 6.21. The minimum Gasteiger partial charge on any atom is -0.322 e. The number of rotatable bonds is 3. The van der Waals surface area contributed by atoms with Crippen LogP contribution in [0.2, 0.25) is 0 Å². The topological polar surface area (TPSA) is 23.6 Å². The largest absolute Gasteiger partial charge is 0.322 e. The molecule has 22 heavy (non-hydrogen) atoms. The van der Waals surface area contributed by atoms with Gasteiger partial charge in [-0.3, -0.25) is 0 Å². The van der Waals surface area contributed by atoms with Crippen LogP contribution < -0.4 is 0 Å². The molecule has 1 saturated heterocycles. The van der Waals surface area contributed by atoms with Crippen molar-refractivity contribution in [1.29, 1.82) is 0 Å². The Kier molecular flexibility index (Phi) is 5.13. The Hall–Kier alpha value is -0.730. The Labute approximate surface area is 137 Å². The van der Waals surface area contributed by atoms with Gasteiger partial charge in [-0.2, -0.15) is 0 Å². The molecule has 0 aromatic carbocycles. The van der Waals surface area contributed by atoms with E-state index in [0.29, 0.717) is 18.0 Å². The summed E-state index contributed by atoms with van der Waals surface area (Å²) in [6.07, 6.45) is 5.24. The summed E-state index contributed by atoms with van der Waals surface area (Å²) >= 11 is 0. The maximum absolute atomic E-state index is 12.7. The molecule has 0 N–H and O–H groups in total. The number of amides is 2. The highest BCUT2D eigenvalue weighted by Crippen LogP contribution is 2.39. The molecule has 0 bridgehead atoms. The van der Waals surface area contributed by atoms with Crippen molar-refractivity contribution in [2.24, 2.45) is 23.2 Å². The summed E-state index contributed by atoms with van der Waals surface area (Å²) in [6, 6.07) is 0.934. The van der Waals surface area contributed by atoms with Crippen molar-refractivity contribution < 1.29 is 4.79 Å². The number of hydrogen-bond acceptors (Lipinski definition) is 1. The van der Waals surface area contributed by atoms with Gasteiger partial charge in [-0.15, -0.1) is 0 Å². The molecule has 1 heterocycles. The molecule has 1 saturated carbocycles. The van der Waals surface area contributed by atoms with Crippen LogP contribution in [0.3, 0.4) is 0 Å². The first kappa shape index (κ1) is 17.6. The summed E-state index contributed by atoms with van der Waals surface area (Å²) in [6.45, 7) is 14.6. The highest BCUT2D eigenvalue weighted by atomic mass is 16.2. The van der Waals surface area contributed by atoms with E-state index in [1.54, 1.807) is 0 Å². The summed E-state index contributed by atoms with van der Waals surface area (Å²) in [4.78, 5) is 16.9. The van der Waals surface area contributed by atoms with Gasteiger partial charge < -0.3 is 9.80 Å². The van der Waals surface area contributed by atoms with Crippen LogP contribution >= 0.6 is 0 Å². The summed E-state index contributed by atoms with van der Waals surface area (Å²) in [7, 11) is 1.98. The lowest BCUT2D eigenvalue weighted by Crippen LogP contribution is -2.43. The van der Waals surface area contributed by atoms with Crippen molar-refractivity contribution in [3.05, 3.63) is 0 Å². The van der Waals surface area contributed by atoms with E-state index in [2.05, 4.69) is 46.4 Å². The standard InChI is InChI=1S/C19H36N2O/c1-8-15-9-13(2)10-16(11-15)14(3)21-12-17(19(4,5)6)20(7)18(21)22/h13-17H,8-12H2,1-7H3/t13?,14?,15?,16?,17-/m1/s1. The smallest absolute Gasteiger partial charge is 0.320 e. The molecule has 2 aliphatic rings. The predicted molar refractivity (Wildman–Crippen MR) is 92.9 cm³/mol. The van der Waals surface area contributed by atoms with Crippen LogP contribution in [0.1, 0.15) is 67.2 Å². The summed E-state index contributed by atoms with van der Waals surface area (Å²) < 4.78 is 0. The highest BCUT2D eigenvalue weighted by molar-refractivity contribution is 5.77. The van der Waals surface area contributed by atoms with Crippen molar-refractivity contribution in [2.75, 3.05) is 13.6 Å². The summed E-state index contributed by atoms with van der Waals surface area (Å²) in [5.41, 5.74) is 0.144. The second-order valence-electron chi connectivity index (χ2n) is 9.01. The summed E-state index contributed by atoms with van der Waals surface area (Å²) in [5, 5.41) is 0. The normalized spacial score (nSPS) is 35.1. The van der Waals surface area contributed by atoms with Crippen LogP contribution in [0.5, 0.6) is 0 Å². The third-order valence-electron chi connectivity index (χ3n) is 6.21. The maximum Gasteiger partial charge on any atom is 0.320 e. The van der Waals surface area contributed by atoms with Gasteiger partial charge in [0.1, 0.15) is 0 Å². The van der Waals surface area contributed by atoms with E-state index in [1.165, 1.54) is 25.7 Å². The minimum atomic E-state index is 0.144. The van der Waals surface area contributed by atoms with E-state index in [1.807, 2.05) is 11.9 Å². The van der Waals surface area contributed by atoms with Gasteiger partial charge in [0.15, 0.2) is 0 Å². The zero-order valence-electron chi connectivity index (χ0n) is 15.7. The average Bonchev–Trinajstić information content (AvgIpc) is 2.73. The molecule has 2 amide bonds. The van der Waals surface area contributed by atoms with Crippen LogP contribution in [0.15, 0.2) is 0 Å². The molecule has 1 aliphatic carbocycles. The molecule has 128 valence electrons. The van der Waals surface area contributed by atoms with E-state index in [0.717, 1.165) is 18.4 Å². The van der Waals surface area contributed by atoms with Crippen molar-refractivity contribution in [1.82, 2.24) is 9.80 Å². The predicted octanol–water partition coefficient (Wildman–Crippen LogP) is 4.62. The molecule has 0 aromatic heterocycles.